The van der Waals surface area contributed by atoms with Crippen LogP contribution in [0.3, 0.4) is 0 Å². The van der Waals surface area contributed by atoms with Crippen LogP contribution in [0.1, 0.15) is 17.5 Å². The van der Waals surface area contributed by atoms with Crippen LogP contribution in [0.4, 0.5) is 60.5 Å². The van der Waals surface area contributed by atoms with E-state index in [4.69, 9.17) is 4.74 Å². The smallest absolute Gasteiger partial charge is 0.407 e. The van der Waals surface area contributed by atoms with Gasteiger partial charge in [0.2, 0.25) is 0 Å². The molecule has 236 valence electrons. The summed E-state index contributed by atoms with van der Waals surface area (Å²) in [6, 6.07) is 2.98. The summed E-state index contributed by atoms with van der Waals surface area (Å²) >= 11 is 0. The van der Waals surface area contributed by atoms with E-state index in [1.165, 1.54) is 4.90 Å². The molecular weight excluding hydrogens is 603 g/mol. The molecule has 2 heterocycles. The topological polar surface area (TPSA) is 76.6 Å². The molecule has 0 bridgehead atoms. The normalized spacial score (nSPS) is 18.3. The van der Waals surface area contributed by atoms with Gasteiger partial charge in [-0.1, -0.05) is 0 Å². The van der Waals surface area contributed by atoms with Gasteiger partial charge < -0.3 is 14.7 Å². The number of ether oxygens (including phenoxy) is 1. The largest absolute Gasteiger partial charge is 0.420 e. The SMILES string of the molecule is CN(C(=O)Oc1c(N2CCN(CC(O)CN3CCC(F)(F)C3)C2=O)cc(C(F)(F)F)cc1C(F)(F)F)c1ccc(F)cc1. The van der Waals surface area contributed by atoms with E-state index in [0.717, 1.165) is 36.2 Å². The number of benzene rings is 2. The van der Waals surface area contributed by atoms with Gasteiger partial charge in [-0.2, -0.15) is 26.3 Å². The van der Waals surface area contributed by atoms with Crippen molar-refractivity contribution < 1.29 is 58.9 Å². The van der Waals surface area contributed by atoms with Crippen molar-refractivity contribution >= 4 is 23.5 Å². The number of rotatable bonds is 7. The lowest BCUT2D eigenvalue weighted by Crippen LogP contribution is -2.42. The number of hydrogen-bond donors (Lipinski definition) is 1. The van der Waals surface area contributed by atoms with E-state index in [9.17, 15) is 54.2 Å². The molecule has 4 rings (SSSR count). The molecule has 1 atom stereocenters. The van der Waals surface area contributed by atoms with E-state index < -0.39 is 90.9 Å². The zero-order valence-electron chi connectivity index (χ0n) is 22.4. The average Bonchev–Trinajstić information content (AvgIpc) is 3.42. The molecule has 3 amide bonds. The van der Waals surface area contributed by atoms with Gasteiger partial charge in [-0.3, -0.25) is 14.7 Å². The lowest BCUT2D eigenvalue weighted by molar-refractivity contribution is -0.143. The van der Waals surface area contributed by atoms with E-state index in [1.54, 1.807) is 0 Å². The van der Waals surface area contributed by atoms with E-state index in [0.29, 0.717) is 9.80 Å². The van der Waals surface area contributed by atoms with Crippen LogP contribution in [-0.2, 0) is 12.4 Å². The minimum absolute atomic E-state index is 0.0182. The second kappa shape index (κ2) is 11.7. The average molecular weight is 628 g/mol. The number of aliphatic hydroxyl groups excluding tert-OH is 1. The highest BCUT2D eigenvalue weighted by Crippen LogP contribution is 2.47. The molecule has 0 radical (unpaired) electrons. The molecule has 0 aromatic heterocycles. The van der Waals surface area contributed by atoms with Crippen molar-refractivity contribution in [3.8, 4) is 5.75 Å². The molecule has 43 heavy (non-hydrogen) atoms. The molecule has 2 saturated heterocycles. The minimum atomic E-state index is -5.48. The lowest BCUT2D eigenvalue weighted by atomic mass is 10.1. The summed E-state index contributed by atoms with van der Waals surface area (Å²) in [5.74, 6) is -5.01. The number of nitrogens with zero attached hydrogens (tertiary/aromatic N) is 4. The van der Waals surface area contributed by atoms with Gasteiger partial charge in [-0.25, -0.2) is 22.8 Å². The molecule has 2 aromatic rings. The summed E-state index contributed by atoms with van der Waals surface area (Å²) in [6.45, 7) is -2.05. The lowest BCUT2D eigenvalue weighted by Gasteiger charge is -2.27. The molecule has 2 aromatic carbocycles. The van der Waals surface area contributed by atoms with E-state index in [2.05, 4.69) is 0 Å². The van der Waals surface area contributed by atoms with Crippen LogP contribution >= 0.6 is 0 Å². The predicted molar refractivity (Wildman–Crippen MR) is 134 cm³/mol. The highest BCUT2D eigenvalue weighted by Gasteiger charge is 2.44. The Morgan fingerprint density at radius 1 is 1.02 bits per heavy atom. The first-order valence-electron chi connectivity index (χ1n) is 12.7. The van der Waals surface area contributed by atoms with Crippen molar-refractivity contribution in [3.05, 3.63) is 53.3 Å². The van der Waals surface area contributed by atoms with Crippen LogP contribution in [0.25, 0.3) is 0 Å². The number of alkyl halides is 8. The molecule has 1 unspecified atom stereocenters. The molecule has 8 nitrogen and oxygen atoms in total. The number of aliphatic hydroxyl groups is 1. The third-order valence-electron chi connectivity index (χ3n) is 6.91. The van der Waals surface area contributed by atoms with Crippen LogP contribution in [0.15, 0.2) is 36.4 Å². The fourth-order valence-electron chi connectivity index (χ4n) is 4.77. The number of carbonyl (C=O) groups is 2. The summed E-state index contributed by atoms with van der Waals surface area (Å²) in [4.78, 5) is 29.4. The number of hydrogen-bond acceptors (Lipinski definition) is 5. The molecule has 0 spiro atoms. The van der Waals surface area contributed by atoms with E-state index >= 15 is 0 Å². The van der Waals surface area contributed by atoms with Crippen molar-refractivity contribution in [3.63, 3.8) is 0 Å². The van der Waals surface area contributed by atoms with Gasteiger partial charge in [-0.15, -0.1) is 0 Å². The molecular formula is C26H25F9N4O4. The second-order valence-electron chi connectivity index (χ2n) is 10.1. The highest BCUT2D eigenvalue weighted by atomic mass is 19.4. The number of likely N-dealkylation sites (tertiary alicyclic amines) is 1. The van der Waals surface area contributed by atoms with Crippen molar-refractivity contribution in [2.24, 2.45) is 0 Å². The van der Waals surface area contributed by atoms with Crippen LogP contribution in [-0.4, -0.2) is 85.4 Å². The number of urea groups is 1. The number of anilines is 2. The molecule has 2 aliphatic heterocycles. The van der Waals surface area contributed by atoms with Crippen molar-refractivity contribution in [2.75, 3.05) is 56.1 Å². The maximum atomic E-state index is 14.1. The Bertz CT molecular complexity index is 1350. The van der Waals surface area contributed by atoms with Gasteiger partial charge in [0.15, 0.2) is 5.75 Å². The summed E-state index contributed by atoms with van der Waals surface area (Å²) < 4.78 is 128. The number of carbonyl (C=O) groups excluding carboxylic acids is 2. The van der Waals surface area contributed by atoms with Gasteiger partial charge in [-0.05, 0) is 36.4 Å². The summed E-state index contributed by atoms with van der Waals surface area (Å²) in [5.41, 5.74) is -4.80. The number of halogens is 9. The molecule has 2 fully saturated rings. The van der Waals surface area contributed by atoms with E-state index in [-0.39, 0.29) is 37.5 Å². The zero-order valence-corrected chi connectivity index (χ0v) is 22.4. The Morgan fingerprint density at radius 2 is 1.67 bits per heavy atom. The fourth-order valence-corrected chi connectivity index (χ4v) is 4.77. The molecule has 0 saturated carbocycles. The van der Waals surface area contributed by atoms with Gasteiger partial charge in [0.25, 0.3) is 5.92 Å². The van der Waals surface area contributed by atoms with Gasteiger partial charge in [0.1, 0.15) is 11.4 Å². The predicted octanol–water partition coefficient (Wildman–Crippen LogP) is 5.44. The van der Waals surface area contributed by atoms with Gasteiger partial charge in [0.05, 0.1) is 23.9 Å². The van der Waals surface area contributed by atoms with Crippen LogP contribution in [0, 0.1) is 5.82 Å². The van der Waals surface area contributed by atoms with Crippen molar-refractivity contribution in [1.29, 1.82) is 0 Å². The Hall–Kier alpha value is -3.73. The molecule has 2 aliphatic rings. The van der Waals surface area contributed by atoms with Crippen molar-refractivity contribution in [2.45, 2.75) is 30.8 Å². The first kappa shape index (κ1) is 32.2. The monoisotopic (exact) mass is 628 g/mol. The zero-order chi connectivity index (χ0) is 31.9. The third-order valence-corrected chi connectivity index (χ3v) is 6.91. The van der Waals surface area contributed by atoms with Crippen LogP contribution in [0.2, 0.25) is 0 Å². The first-order chi connectivity index (χ1) is 19.9. The summed E-state index contributed by atoms with van der Waals surface area (Å²) in [7, 11) is 1.06. The van der Waals surface area contributed by atoms with Crippen LogP contribution < -0.4 is 14.5 Å². The van der Waals surface area contributed by atoms with E-state index in [1.807, 2.05) is 0 Å². The maximum absolute atomic E-state index is 14.1. The molecule has 1 N–H and O–H groups in total. The fraction of sp³-hybridized carbons (Fsp3) is 0.462. The summed E-state index contributed by atoms with van der Waals surface area (Å²) in [6.07, 6.45) is -14.0. The van der Waals surface area contributed by atoms with Crippen molar-refractivity contribution in [1.82, 2.24) is 9.80 Å². The number of β-amino-alcohol motifs (C(OH)–C–C–N with tert-alkyl or cyclic N) is 1. The Morgan fingerprint density at radius 3 is 2.23 bits per heavy atom. The second-order valence-corrected chi connectivity index (χ2v) is 10.1. The Balaban J connectivity index is 1.65. The Labute approximate surface area is 238 Å². The quantitative estimate of drug-likeness (QED) is 0.414. The maximum Gasteiger partial charge on any atom is 0.420 e. The molecule has 17 heteroatoms. The van der Waals surface area contributed by atoms with Crippen LogP contribution in [0.5, 0.6) is 5.75 Å². The minimum Gasteiger partial charge on any atom is -0.407 e. The number of amides is 3. The Kier molecular flexibility index (Phi) is 8.79. The third kappa shape index (κ3) is 7.44. The first-order valence-corrected chi connectivity index (χ1v) is 12.7. The van der Waals surface area contributed by atoms with Gasteiger partial charge in [0, 0.05) is 51.9 Å². The summed E-state index contributed by atoms with van der Waals surface area (Å²) in [5, 5.41) is 10.4. The molecule has 0 aliphatic carbocycles. The standard InChI is InChI=1S/C26H25F9N4O4/c1-36(17-4-2-16(27)3-5-17)23(42)43-21-19(26(33,34)35)10-15(25(30,31)32)11-20(21)39-9-8-38(22(39)41)13-18(40)12-37-7-6-24(28,29)14-37/h2-5,10-11,18,40H,6-9,12-14H2,1H3. The van der Waals surface area contributed by atoms with Gasteiger partial charge >= 0.3 is 24.5 Å². The highest BCUT2D eigenvalue weighted by molar-refractivity contribution is 5.97.